The molecule has 1 saturated heterocycles. The van der Waals surface area contributed by atoms with Crippen LogP contribution in [0.4, 0.5) is 9.93 Å². The number of nitrogens with one attached hydrogen (secondary N) is 3. The van der Waals surface area contributed by atoms with Crippen molar-refractivity contribution < 1.29 is 14.4 Å². The first-order valence-corrected chi connectivity index (χ1v) is 12.8. The highest BCUT2D eigenvalue weighted by Crippen LogP contribution is 2.27. The molecular formula is C25H33N5O3S. The Morgan fingerprint density at radius 2 is 1.97 bits per heavy atom. The van der Waals surface area contributed by atoms with Crippen LogP contribution in [0.5, 0.6) is 0 Å². The first-order valence-electron chi connectivity index (χ1n) is 12.0. The zero-order chi connectivity index (χ0) is 24.1. The van der Waals surface area contributed by atoms with Crippen molar-refractivity contribution >= 4 is 34.2 Å². The summed E-state index contributed by atoms with van der Waals surface area (Å²) in [4.78, 5) is 43.9. The average Bonchev–Trinajstić information content (AvgIpc) is 3.15. The number of anilines is 1. The molecule has 9 heteroatoms. The molecule has 1 aromatic heterocycles. The summed E-state index contributed by atoms with van der Waals surface area (Å²) in [5.74, 6) is 0.297. The van der Waals surface area contributed by atoms with E-state index >= 15 is 0 Å². The Morgan fingerprint density at radius 1 is 1.21 bits per heavy atom. The summed E-state index contributed by atoms with van der Waals surface area (Å²) in [5, 5.41) is 9.49. The number of ketones is 1. The van der Waals surface area contributed by atoms with Gasteiger partial charge in [-0.2, -0.15) is 0 Å². The topological polar surface area (TPSA) is 103 Å². The molecule has 4 rings (SSSR count). The van der Waals surface area contributed by atoms with Gasteiger partial charge in [0.15, 0.2) is 10.9 Å². The summed E-state index contributed by atoms with van der Waals surface area (Å²) in [5.41, 5.74) is 1.85. The second-order valence-electron chi connectivity index (χ2n) is 9.39. The van der Waals surface area contributed by atoms with E-state index in [1.54, 1.807) is 6.92 Å². The third-order valence-corrected chi connectivity index (χ3v) is 7.76. The van der Waals surface area contributed by atoms with Gasteiger partial charge in [-0.25, -0.2) is 9.78 Å². The Labute approximate surface area is 204 Å². The molecule has 2 aromatic rings. The lowest BCUT2D eigenvalue weighted by atomic mass is 9.84. The monoisotopic (exact) mass is 483 g/mol. The normalized spacial score (nSPS) is 23.2. The Balaban J connectivity index is 1.34. The molecule has 1 aliphatic heterocycles. The van der Waals surface area contributed by atoms with Gasteiger partial charge in [-0.15, -0.1) is 0 Å². The van der Waals surface area contributed by atoms with Gasteiger partial charge in [0.1, 0.15) is 0 Å². The van der Waals surface area contributed by atoms with Crippen LogP contribution in [-0.2, 0) is 11.2 Å². The van der Waals surface area contributed by atoms with Gasteiger partial charge in [0.2, 0.25) is 5.91 Å². The Morgan fingerprint density at radius 3 is 2.71 bits per heavy atom. The van der Waals surface area contributed by atoms with E-state index in [1.807, 2.05) is 18.2 Å². The van der Waals surface area contributed by atoms with Crippen LogP contribution in [0.3, 0.4) is 0 Å². The van der Waals surface area contributed by atoms with Crippen molar-refractivity contribution in [1.82, 2.24) is 20.5 Å². The molecule has 2 fully saturated rings. The number of piperazine rings is 1. The zero-order valence-corrected chi connectivity index (χ0v) is 20.6. The minimum absolute atomic E-state index is 0.0413. The molecule has 0 radical (unpaired) electrons. The number of hydrogen-bond acceptors (Lipinski definition) is 6. The summed E-state index contributed by atoms with van der Waals surface area (Å²) in [7, 11) is 0. The maximum atomic E-state index is 12.7. The fraction of sp³-hybridized carbons (Fsp3) is 0.520. The van der Waals surface area contributed by atoms with Gasteiger partial charge in [0.25, 0.3) is 0 Å². The molecule has 0 bridgehead atoms. The summed E-state index contributed by atoms with van der Waals surface area (Å²) in [6, 6.07) is 10.1. The summed E-state index contributed by atoms with van der Waals surface area (Å²) in [6.07, 6.45) is 4.96. The highest BCUT2D eigenvalue weighted by atomic mass is 32.1. The van der Waals surface area contributed by atoms with Crippen LogP contribution in [0, 0.1) is 12.8 Å². The zero-order valence-electron chi connectivity index (χ0n) is 19.8. The van der Waals surface area contributed by atoms with Crippen LogP contribution in [0.15, 0.2) is 30.3 Å². The smallest absolute Gasteiger partial charge is 0.321 e. The predicted octanol–water partition coefficient (Wildman–Crippen LogP) is 3.38. The third kappa shape index (κ3) is 6.42. The lowest BCUT2D eigenvalue weighted by Crippen LogP contribution is -2.57. The molecule has 3 amide bonds. The van der Waals surface area contributed by atoms with Gasteiger partial charge in [-0.05, 0) is 37.7 Å². The largest absolute Gasteiger partial charge is 0.351 e. The number of nitrogens with zero attached hydrogens (tertiary/aromatic N) is 2. The van der Waals surface area contributed by atoms with Crippen LogP contribution in [-0.4, -0.2) is 59.3 Å². The van der Waals surface area contributed by atoms with Crippen molar-refractivity contribution in [2.24, 2.45) is 5.92 Å². The number of thiazole rings is 1. The summed E-state index contributed by atoms with van der Waals surface area (Å²) < 4.78 is 0. The van der Waals surface area contributed by atoms with Crippen LogP contribution in [0.2, 0.25) is 0 Å². The van der Waals surface area contributed by atoms with Gasteiger partial charge >= 0.3 is 6.03 Å². The second-order valence-corrected chi connectivity index (χ2v) is 10.4. The predicted molar refractivity (Wildman–Crippen MR) is 133 cm³/mol. The van der Waals surface area contributed by atoms with Crippen molar-refractivity contribution in [3.05, 3.63) is 46.5 Å². The lowest BCUT2D eigenvalue weighted by molar-refractivity contribution is -0.125. The van der Waals surface area contributed by atoms with E-state index in [0.29, 0.717) is 22.2 Å². The van der Waals surface area contributed by atoms with Crippen LogP contribution in [0.1, 0.15) is 53.5 Å². The van der Waals surface area contributed by atoms with Crippen molar-refractivity contribution in [1.29, 1.82) is 0 Å². The fourth-order valence-electron chi connectivity index (χ4n) is 5.08. The first-order chi connectivity index (χ1) is 16.4. The average molecular weight is 484 g/mol. The Hall–Kier alpha value is -2.78. The quantitative estimate of drug-likeness (QED) is 0.524. The SMILES string of the molecule is CC(=O)c1sc(NC(=O)N[C@@H]2CCCC[C@H]2CN2CC(=O)N[C@@H](Cc3ccccc3)C2)nc1C. The fourth-order valence-corrected chi connectivity index (χ4v) is 5.93. The number of urea groups is 1. The number of rotatable bonds is 7. The van der Waals surface area contributed by atoms with Crippen LogP contribution in [0.25, 0.3) is 0 Å². The minimum atomic E-state index is -0.293. The summed E-state index contributed by atoms with van der Waals surface area (Å²) >= 11 is 1.20. The number of carbonyl (C=O) groups is 3. The van der Waals surface area contributed by atoms with Crippen LogP contribution >= 0.6 is 11.3 Å². The molecule has 34 heavy (non-hydrogen) atoms. The molecule has 3 atom stereocenters. The molecule has 2 heterocycles. The highest BCUT2D eigenvalue weighted by molar-refractivity contribution is 7.17. The lowest BCUT2D eigenvalue weighted by Gasteiger charge is -2.39. The van der Waals surface area contributed by atoms with Gasteiger partial charge in [-0.3, -0.25) is 19.8 Å². The van der Waals surface area contributed by atoms with Crippen molar-refractivity contribution in [2.75, 3.05) is 25.0 Å². The molecule has 2 aliphatic rings. The standard InChI is InChI=1S/C25H33N5O3S/c1-16-23(17(2)31)34-25(26-16)29-24(33)28-21-11-7-6-10-19(21)13-30-14-20(27-22(32)15-30)12-18-8-4-3-5-9-18/h3-5,8-9,19-21H,6-7,10-15H2,1-2H3,(H,27,32)(H2,26,28,29,33)/t19-,20-,21+/m0/s1. The van der Waals surface area contributed by atoms with Crippen LogP contribution < -0.4 is 16.0 Å². The molecule has 3 N–H and O–H groups in total. The van der Waals surface area contributed by atoms with E-state index in [1.165, 1.54) is 23.8 Å². The number of aromatic nitrogens is 1. The van der Waals surface area contributed by atoms with E-state index in [9.17, 15) is 14.4 Å². The molecule has 0 unspecified atom stereocenters. The number of amides is 3. The number of carbonyl (C=O) groups excluding carboxylic acids is 3. The Bertz CT molecular complexity index is 1020. The van der Waals surface area contributed by atoms with E-state index < -0.39 is 0 Å². The molecule has 182 valence electrons. The molecule has 1 saturated carbocycles. The van der Waals surface area contributed by atoms with Crippen molar-refractivity contribution in [2.45, 2.75) is 58.0 Å². The highest BCUT2D eigenvalue weighted by Gasteiger charge is 2.32. The van der Waals surface area contributed by atoms with Gasteiger partial charge in [-0.1, -0.05) is 54.5 Å². The van der Waals surface area contributed by atoms with Gasteiger partial charge in [0, 0.05) is 32.1 Å². The number of Topliss-reactive ketones (excluding diaryl/α,β-unsaturated/α-hetero) is 1. The van der Waals surface area contributed by atoms with E-state index in [-0.39, 0.29) is 35.7 Å². The Kier molecular flexibility index (Phi) is 7.95. The molecule has 1 aliphatic carbocycles. The third-order valence-electron chi connectivity index (χ3n) is 6.59. The van der Waals surface area contributed by atoms with Crippen molar-refractivity contribution in [3.63, 3.8) is 0 Å². The molecule has 0 spiro atoms. The number of aryl methyl sites for hydroxylation is 1. The molecular weight excluding hydrogens is 450 g/mol. The summed E-state index contributed by atoms with van der Waals surface area (Å²) in [6.45, 7) is 5.26. The van der Waals surface area contributed by atoms with Crippen molar-refractivity contribution in [3.8, 4) is 0 Å². The molecule has 1 aromatic carbocycles. The first kappa shape index (κ1) is 24.3. The van der Waals surface area contributed by atoms with E-state index in [0.717, 1.165) is 45.2 Å². The second kappa shape index (κ2) is 11.1. The number of hydrogen-bond donors (Lipinski definition) is 3. The van der Waals surface area contributed by atoms with E-state index in [4.69, 9.17) is 0 Å². The maximum Gasteiger partial charge on any atom is 0.321 e. The number of benzene rings is 1. The van der Waals surface area contributed by atoms with Gasteiger partial charge in [0.05, 0.1) is 17.1 Å². The van der Waals surface area contributed by atoms with Gasteiger partial charge < -0.3 is 10.6 Å². The minimum Gasteiger partial charge on any atom is -0.351 e. The van der Waals surface area contributed by atoms with E-state index in [2.05, 4.69) is 38.0 Å². The maximum absolute atomic E-state index is 12.7. The molecule has 8 nitrogen and oxygen atoms in total.